The normalized spacial score (nSPS) is 24.4. The first-order valence-corrected chi connectivity index (χ1v) is 16.9. The van der Waals surface area contributed by atoms with Gasteiger partial charge in [-0.2, -0.15) is 15.2 Å². The third-order valence-electron chi connectivity index (χ3n) is 11.2. The van der Waals surface area contributed by atoms with Crippen LogP contribution in [0.5, 0.6) is 6.01 Å². The predicted octanol–water partition coefficient (Wildman–Crippen LogP) is 5.55. The van der Waals surface area contributed by atoms with E-state index >= 15 is 4.39 Å². The molecule has 11 heteroatoms. The molecule has 1 amide bonds. The van der Waals surface area contributed by atoms with Crippen molar-refractivity contribution in [2.24, 2.45) is 11.3 Å². The highest BCUT2D eigenvalue weighted by Crippen LogP contribution is 2.53. The van der Waals surface area contributed by atoms with Crippen LogP contribution in [0.15, 0.2) is 36.8 Å². The molecule has 1 aromatic carbocycles. The number of carbonyl (C=O) groups excluding carboxylic acids is 1. The van der Waals surface area contributed by atoms with Crippen LogP contribution in [0.3, 0.4) is 0 Å². The minimum atomic E-state index is -1.06. The van der Waals surface area contributed by atoms with Crippen molar-refractivity contribution < 1.29 is 18.3 Å². The van der Waals surface area contributed by atoms with Crippen molar-refractivity contribution in [1.29, 1.82) is 5.26 Å². The van der Waals surface area contributed by atoms with Gasteiger partial charge < -0.3 is 19.4 Å². The number of hydrogen-bond acceptors (Lipinski definition) is 8. The molecule has 4 heterocycles. The molecule has 0 bridgehead atoms. The molecule has 2 saturated carbocycles. The third-order valence-corrected chi connectivity index (χ3v) is 11.2. The quantitative estimate of drug-likeness (QED) is 0.281. The number of nitrogens with zero attached hydrogens (tertiary/aromatic N) is 7. The van der Waals surface area contributed by atoms with Gasteiger partial charge in [-0.25, -0.2) is 8.78 Å². The summed E-state index contributed by atoms with van der Waals surface area (Å²) in [4.78, 5) is 32.5. The summed E-state index contributed by atoms with van der Waals surface area (Å²) < 4.78 is 37.0. The summed E-state index contributed by atoms with van der Waals surface area (Å²) in [6.07, 6.45) is 9.53. The largest absolute Gasteiger partial charge is 0.463 e. The van der Waals surface area contributed by atoms with Crippen molar-refractivity contribution in [2.45, 2.75) is 63.3 Å². The Labute approximate surface area is 273 Å². The highest BCUT2D eigenvalue weighted by Gasteiger charge is 2.45. The Morgan fingerprint density at radius 2 is 1.98 bits per heavy atom. The number of ether oxygens (including phenoxy) is 1. The fourth-order valence-corrected chi connectivity index (χ4v) is 8.31. The summed E-state index contributed by atoms with van der Waals surface area (Å²) in [7, 11) is 0. The molecule has 5 aliphatic rings. The van der Waals surface area contributed by atoms with Crippen LogP contribution in [0.2, 0.25) is 0 Å². The van der Waals surface area contributed by atoms with Crippen molar-refractivity contribution in [3.05, 3.63) is 53.7 Å². The lowest BCUT2D eigenvalue weighted by molar-refractivity contribution is -0.131. The van der Waals surface area contributed by atoms with E-state index in [4.69, 9.17) is 9.72 Å². The molecular formula is C36H39F2N7O2. The topological polar surface area (TPSA) is 98.5 Å². The second kappa shape index (κ2) is 11.8. The first-order valence-electron chi connectivity index (χ1n) is 16.9. The maximum atomic E-state index is 16.8. The van der Waals surface area contributed by atoms with Gasteiger partial charge in [-0.05, 0) is 81.0 Å². The Kier molecular flexibility index (Phi) is 7.59. The summed E-state index contributed by atoms with van der Waals surface area (Å²) in [5.74, 6) is -0.794. The molecule has 2 aliphatic heterocycles. The number of likely N-dealkylation sites (tertiary alicyclic amines) is 1. The molecular weight excluding hydrogens is 600 g/mol. The Morgan fingerprint density at radius 1 is 1.15 bits per heavy atom. The minimum absolute atomic E-state index is 0.00121. The number of halogens is 2. The van der Waals surface area contributed by atoms with Crippen LogP contribution < -0.4 is 9.64 Å². The molecule has 3 aromatic rings. The van der Waals surface area contributed by atoms with Crippen LogP contribution in [0.4, 0.5) is 14.6 Å². The van der Waals surface area contributed by atoms with Gasteiger partial charge in [0.05, 0.1) is 30.5 Å². The van der Waals surface area contributed by atoms with Gasteiger partial charge in [0.2, 0.25) is 0 Å². The van der Waals surface area contributed by atoms with E-state index in [1.807, 2.05) is 17.0 Å². The number of rotatable bonds is 9. The van der Waals surface area contributed by atoms with E-state index in [0.717, 1.165) is 44.5 Å². The molecule has 0 unspecified atom stereocenters. The molecule has 0 N–H and O–H groups in total. The van der Waals surface area contributed by atoms with E-state index in [1.54, 1.807) is 6.20 Å². The van der Waals surface area contributed by atoms with Gasteiger partial charge in [0, 0.05) is 43.4 Å². The molecule has 47 heavy (non-hydrogen) atoms. The summed E-state index contributed by atoms with van der Waals surface area (Å²) in [6.45, 7) is 7.46. The highest BCUT2D eigenvalue weighted by molar-refractivity contribution is 5.93. The average Bonchev–Trinajstić information content (AvgIpc) is 3.52. The predicted molar refractivity (Wildman–Crippen MR) is 173 cm³/mol. The number of amides is 1. The van der Waals surface area contributed by atoms with E-state index in [2.05, 4.69) is 33.6 Å². The maximum absolute atomic E-state index is 16.8. The van der Waals surface area contributed by atoms with Crippen LogP contribution in [0.1, 0.15) is 62.0 Å². The lowest BCUT2D eigenvalue weighted by atomic mass is 9.74. The number of pyridine rings is 1. The first-order chi connectivity index (χ1) is 22.8. The van der Waals surface area contributed by atoms with Gasteiger partial charge in [-0.15, -0.1) is 0 Å². The monoisotopic (exact) mass is 639 g/mol. The van der Waals surface area contributed by atoms with Crippen LogP contribution >= 0.6 is 0 Å². The summed E-state index contributed by atoms with van der Waals surface area (Å²) in [5, 5.41) is 9.96. The third kappa shape index (κ3) is 5.40. The first kappa shape index (κ1) is 30.2. The second-order valence-electron chi connectivity index (χ2n) is 14.2. The summed E-state index contributed by atoms with van der Waals surface area (Å²) in [5.41, 5.74) is 3.77. The maximum Gasteiger partial charge on any atom is 0.319 e. The SMILES string of the molecule is C=C(F)C(=O)N1CCN(c2nc(OCC3(CN4CCCC4)CC3)nc3c(F)c(-c4cccc5c4C[C@H]4CC[C@@H]54)ncc23)C[C@@H]1CC#N. The number of aromatic nitrogens is 3. The molecule has 2 saturated heterocycles. The smallest absolute Gasteiger partial charge is 0.319 e. The molecule has 4 fully saturated rings. The Hall–Kier alpha value is -4.17. The number of anilines is 1. The van der Waals surface area contributed by atoms with E-state index in [1.165, 1.54) is 41.7 Å². The van der Waals surface area contributed by atoms with Crippen LogP contribution in [0, 0.1) is 28.5 Å². The molecule has 244 valence electrons. The van der Waals surface area contributed by atoms with Gasteiger partial charge in [-0.3, -0.25) is 9.78 Å². The van der Waals surface area contributed by atoms with Crippen molar-refractivity contribution in [2.75, 3.05) is 50.8 Å². The van der Waals surface area contributed by atoms with Gasteiger partial charge in [0.25, 0.3) is 5.91 Å². The fourth-order valence-electron chi connectivity index (χ4n) is 8.31. The lowest BCUT2D eigenvalue weighted by Gasteiger charge is -2.41. The summed E-state index contributed by atoms with van der Waals surface area (Å²) >= 11 is 0. The molecule has 0 spiro atoms. The fraction of sp³-hybridized carbons (Fsp3) is 0.528. The number of piperazine rings is 1. The molecule has 8 rings (SSSR count). The molecule has 0 radical (unpaired) electrons. The average molecular weight is 640 g/mol. The van der Waals surface area contributed by atoms with E-state index < -0.39 is 23.6 Å². The van der Waals surface area contributed by atoms with Gasteiger partial charge in [0.1, 0.15) is 17.0 Å². The molecule has 3 atom stereocenters. The van der Waals surface area contributed by atoms with Crippen molar-refractivity contribution in [1.82, 2.24) is 24.8 Å². The van der Waals surface area contributed by atoms with E-state index in [9.17, 15) is 14.4 Å². The Balaban J connectivity index is 1.17. The number of benzene rings is 1. The van der Waals surface area contributed by atoms with E-state index in [0.29, 0.717) is 36.2 Å². The Morgan fingerprint density at radius 3 is 2.70 bits per heavy atom. The standard InChI is InChI=1S/C36H39F2N7O2/c1-22(37)34(46)45-16-15-44(19-24(45)9-12-39)33-29-18-40-31(27-6-4-5-26-25-8-7-23(25)17-28(26)27)30(38)32(29)41-35(42-33)47-21-36(10-11-36)20-43-13-2-3-14-43/h4-6,18,23-25H,1-3,7-11,13-17,19-21H2/t23-,24+,25-/m1/s1. The van der Waals surface area contributed by atoms with Gasteiger partial charge in [0.15, 0.2) is 11.6 Å². The lowest BCUT2D eigenvalue weighted by Crippen LogP contribution is -2.55. The molecule has 3 aliphatic carbocycles. The zero-order valence-electron chi connectivity index (χ0n) is 26.6. The van der Waals surface area contributed by atoms with Crippen molar-refractivity contribution >= 4 is 22.6 Å². The molecule has 2 aromatic heterocycles. The number of fused-ring (bicyclic) bond motifs is 4. The second-order valence-corrected chi connectivity index (χ2v) is 14.2. The molecule has 9 nitrogen and oxygen atoms in total. The number of carbonyl (C=O) groups is 1. The van der Waals surface area contributed by atoms with Crippen LogP contribution in [-0.4, -0.2) is 82.6 Å². The zero-order valence-corrected chi connectivity index (χ0v) is 26.6. The minimum Gasteiger partial charge on any atom is -0.463 e. The van der Waals surface area contributed by atoms with Gasteiger partial charge >= 0.3 is 6.01 Å². The number of hydrogen-bond donors (Lipinski definition) is 0. The summed E-state index contributed by atoms with van der Waals surface area (Å²) in [6, 6.07) is 7.74. The zero-order chi connectivity index (χ0) is 32.3. The van der Waals surface area contributed by atoms with Gasteiger partial charge in [-0.1, -0.05) is 24.8 Å². The van der Waals surface area contributed by atoms with Crippen LogP contribution in [0.25, 0.3) is 22.2 Å². The van der Waals surface area contributed by atoms with Crippen molar-refractivity contribution in [3.8, 4) is 23.3 Å². The number of nitriles is 1. The van der Waals surface area contributed by atoms with Crippen molar-refractivity contribution in [3.63, 3.8) is 0 Å². The highest BCUT2D eigenvalue weighted by atomic mass is 19.1. The van der Waals surface area contributed by atoms with E-state index in [-0.39, 0.29) is 42.1 Å². The Bertz CT molecular complexity index is 1800. The van der Waals surface area contributed by atoms with Crippen LogP contribution in [-0.2, 0) is 11.2 Å².